The van der Waals surface area contributed by atoms with E-state index in [1.54, 1.807) is 0 Å². The van der Waals surface area contributed by atoms with Crippen LogP contribution in [0.15, 0.2) is 12.1 Å². The molecule has 0 unspecified atom stereocenters. The lowest BCUT2D eigenvalue weighted by molar-refractivity contribution is -0.166. The summed E-state index contributed by atoms with van der Waals surface area (Å²) in [7, 11) is 0. The van der Waals surface area contributed by atoms with Gasteiger partial charge >= 0.3 is 11.9 Å². The van der Waals surface area contributed by atoms with Gasteiger partial charge in [-0.25, -0.2) is 13.6 Å². The van der Waals surface area contributed by atoms with Crippen molar-refractivity contribution in [3.63, 3.8) is 0 Å². The van der Waals surface area contributed by atoms with Crippen LogP contribution in [0, 0.1) is 11.6 Å². The van der Waals surface area contributed by atoms with Crippen LogP contribution in [0.3, 0.4) is 0 Å². The van der Waals surface area contributed by atoms with E-state index < -0.39 is 34.1 Å². The standard InChI is InChI=1S/C8H3ClF4O2/c9-4-2-6(11)5(10)1-3(4)8(12,13)7(14)15/h1-2H,(H,14,15). The van der Waals surface area contributed by atoms with Crippen molar-refractivity contribution in [2.24, 2.45) is 0 Å². The lowest BCUT2D eigenvalue weighted by Gasteiger charge is -2.13. The summed E-state index contributed by atoms with van der Waals surface area (Å²) in [5.41, 5.74) is -1.28. The van der Waals surface area contributed by atoms with Crippen LogP contribution in [0.5, 0.6) is 0 Å². The van der Waals surface area contributed by atoms with Crippen molar-refractivity contribution in [1.29, 1.82) is 0 Å². The van der Waals surface area contributed by atoms with Crippen molar-refractivity contribution in [3.8, 4) is 0 Å². The third kappa shape index (κ3) is 2.04. The van der Waals surface area contributed by atoms with E-state index in [0.29, 0.717) is 6.07 Å². The molecule has 0 fully saturated rings. The minimum absolute atomic E-state index is 0.0613. The van der Waals surface area contributed by atoms with Gasteiger partial charge in [-0.3, -0.25) is 0 Å². The third-order valence-corrected chi connectivity index (χ3v) is 1.93. The molecule has 15 heavy (non-hydrogen) atoms. The van der Waals surface area contributed by atoms with E-state index in [-0.39, 0.29) is 6.07 Å². The fraction of sp³-hybridized carbons (Fsp3) is 0.125. The summed E-state index contributed by atoms with van der Waals surface area (Å²) in [6.45, 7) is 0. The number of carboxylic acids is 1. The van der Waals surface area contributed by atoms with Crippen LogP contribution in [-0.4, -0.2) is 11.1 Å². The molecule has 2 nitrogen and oxygen atoms in total. The Hall–Kier alpha value is -1.30. The van der Waals surface area contributed by atoms with Crippen molar-refractivity contribution in [3.05, 3.63) is 34.4 Å². The topological polar surface area (TPSA) is 37.3 Å². The largest absolute Gasteiger partial charge is 0.477 e. The second kappa shape index (κ2) is 3.69. The van der Waals surface area contributed by atoms with E-state index in [2.05, 4.69) is 0 Å². The van der Waals surface area contributed by atoms with Crippen molar-refractivity contribution >= 4 is 17.6 Å². The fourth-order valence-corrected chi connectivity index (χ4v) is 1.15. The minimum Gasteiger partial charge on any atom is -0.477 e. The Labute approximate surface area is 86.1 Å². The molecule has 0 bridgehead atoms. The molecule has 1 rings (SSSR count). The number of hydrogen-bond donors (Lipinski definition) is 1. The summed E-state index contributed by atoms with van der Waals surface area (Å²) < 4.78 is 50.8. The smallest absolute Gasteiger partial charge is 0.379 e. The van der Waals surface area contributed by atoms with Crippen LogP contribution in [0.25, 0.3) is 0 Å². The maximum Gasteiger partial charge on any atom is 0.379 e. The van der Waals surface area contributed by atoms with Crippen LogP contribution in [0.1, 0.15) is 5.56 Å². The van der Waals surface area contributed by atoms with E-state index in [1.807, 2.05) is 0 Å². The summed E-state index contributed by atoms with van der Waals surface area (Å²) in [5, 5.41) is 7.31. The molecule has 1 aromatic rings. The molecule has 0 aliphatic heterocycles. The number of rotatable bonds is 2. The molecule has 0 atom stereocenters. The Morgan fingerprint density at radius 3 is 2.20 bits per heavy atom. The molecule has 1 N–H and O–H groups in total. The molecule has 1 aromatic carbocycles. The normalized spacial score (nSPS) is 11.5. The molecule has 0 aromatic heterocycles. The zero-order chi connectivity index (χ0) is 11.8. The van der Waals surface area contributed by atoms with Crippen LogP contribution < -0.4 is 0 Å². The second-order valence-electron chi connectivity index (χ2n) is 2.63. The van der Waals surface area contributed by atoms with Gasteiger partial charge in [-0.2, -0.15) is 8.78 Å². The highest BCUT2D eigenvalue weighted by Crippen LogP contribution is 2.34. The average Bonchev–Trinajstić information content (AvgIpc) is 2.10. The Kier molecular flexibility index (Phi) is 2.90. The van der Waals surface area contributed by atoms with E-state index in [4.69, 9.17) is 16.7 Å². The predicted molar refractivity (Wildman–Crippen MR) is 42.9 cm³/mol. The maximum absolute atomic E-state index is 12.9. The van der Waals surface area contributed by atoms with Gasteiger partial charge in [-0.05, 0) is 12.1 Å². The number of aliphatic carboxylic acids is 1. The molecule has 0 spiro atoms. The number of carbonyl (C=O) groups is 1. The summed E-state index contributed by atoms with van der Waals surface area (Å²) in [6.07, 6.45) is 0. The summed E-state index contributed by atoms with van der Waals surface area (Å²) in [4.78, 5) is 10.1. The Bertz CT molecular complexity index is 419. The van der Waals surface area contributed by atoms with E-state index in [0.717, 1.165) is 0 Å². The van der Waals surface area contributed by atoms with Crippen molar-refractivity contribution in [1.82, 2.24) is 0 Å². The summed E-state index contributed by atoms with van der Waals surface area (Å²) >= 11 is 5.18. The number of carboxylic acid groups (broad SMARTS) is 1. The second-order valence-corrected chi connectivity index (χ2v) is 3.03. The predicted octanol–water partition coefficient (Wildman–Crippen LogP) is 2.79. The molecule has 0 amide bonds. The first-order chi connectivity index (χ1) is 6.76. The van der Waals surface area contributed by atoms with Gasteiger partial charge in [0.15, 0.2) is 11.6 Å². The van der Waals surface area contributed by atoms with Crippen molar-refractivity contribution < 1.29 is 27.5 Å². The maximum atomic E-state index is 12.9. The third-order valence-electron chi connectivity index (χ3n) is 1.62. The SMILES string of the molecule is O=C(O)C(F)(F)c1cc(F)c(F)cc1Cl. The van der Waals surface area contributed by atoms with Crippen LogP contribution in [0.4, 0.5) is 17.6 Å². The van der Waals surface area contributed by atoms with E-state index in [1.165, 1.54) is 0 Å². The monoisotopic (exact) mass is 242 g/mol. The first-order valence-corrected chi connectivity index (χ1v) is 3.91. The van der Waals surface area contributed by atoms with Gasteiger partial charge in [0.25, 0.3) is 0 Å². The van der Waals surface area contributed by atoms with E-state index in [9.17, 15) is 22.4 Å². The number of alkyl halides is 2. The van der Waals surface area contributed by atoms with Crippen molar-refractivity contribution in [2.75, 3.05) is 0 Å². The minimum atomic E-state index is -4.36. The van der Waals surface area contributed by atoms with Crippen LogP contribution in [0.2, 0.25) is 5.02 Å². The van der Waals surface area contributed by atoms with Gasteiger partial charge in [0.05, 0.1) is 10.6 Å². The molecule has 82 valence electrons. The van der Waals surface area contributed by atoms with Gasteiger partial charge in [-0.15, -0.1) is 0 Å². The molecular formula is C8H3ClF4O2. The van der Waals surface area contributed by atoms with Gasteiger partial charge in [0, 0.05) is 0 Å². The zero-order valence-corrected chi connectivity index (χ0v) is 7.66. The van der Waals surface area contributed by atoms with Gasteiger partial charge < -0.3 is 5.11 Å². The zero-order valence-electron chi connectivity index (χ0n) is 6.90. The molecular weight excluding hydrogens is 240 g/mol. The van der Waals surface area contributed by atoms with E-state index >= 15 is 0 Å². The Balaban J connectivity index is 3.38. The van der Waals surface area contributed by atoms with Crippen molar-refractivity contribution in [2.45, 2.75) is 5.92 Å². The first kappa shape index (κ1) is 11.8. The summed E-state index contributed by atoms with van der Waals surface area (Å²) in [6, 6.07) is 0.356. The van der Waals surface area contributed by atoms with Crippen LogP contribution in [-0.2, 0) is 10.7 Å². The summed E-state index contributed by atoms with van der Waals surface area (Å²) in [5.74, 6) is -9.86. The highest BCUT2D eigenvalue weighted by atomic mass is 35.5. The fourth-order valence-electron chi connectivity index (χ4n) is 0.878. The molecule has 0 aliphatic rings. The lowest BCUT2D eigenvalue weighted by atomic mass is 10.1. The molecule has 0 saturated carbocycles. The number of halogens is 5. The molecule has 0 heterocycles. The highest BCUT2D eigenvalue weighted by molar-refractivity contribution is 6.31. The van der Waals surface area contributed by atoms with Gasteiger partial charge in [0.1, 0.15) is 0 Å². The molecule has 0 saturated heterocycles. The Morgan fingerprint density at radius 1 is 1.27 bits per heavy atom. The quantitative estimate of drug-likeness (QED) is 0.640. The molecule has 0 radical (unpaired) electrons. The highest BCUT2D eigenvalue weighted by Gasteiger charge is 2.43. The lowest BCUT2D eigenvalue weighted by Crippen LogP contribution is -2.26. The van der Waals surface area contributed by atoms with Gasteiger partial charge in [-0.1, -0.05) is 11.6 Å². The average molecular weight is 243 g/mol. The number of benzene rings is 1. The number of hydrogen-bond acceptors (Lipinski definition) is 1. The van der Waals surface area contributed by atoms with Gasteiger partial charge in [0.2, 0.25) is 0 Å². The first-order valence-electron chi connectivity index (χ1n) is 3.53. The Morgan fingerprint density at radius 2 is 1.73 bits per heavy atom. The van der Waals surface area contributed by atoms with Crippen LogP contribution >= 0.6 is 11.6 Å². The molecule has 0 aliphatic carbocycles. The molecule has 7 heteroatoms.